The Balaban J connectivity index is 1.47. The Bertz CT molecular complexity index is 320. The van der Waals surface area contributed by atoms with Crippen LogP contribution in [-0.4, -0.2) is 45.4 Å². The van der Waals surface area contributed by atoms with Gasteiger partial charge in [-0.15, -0.1) is 0 Å². The van der Waals surface area contributed by atoms with Crippen LogP contribution in [0.5, 0.6) is 0 Å². The quantitative estimate of drug-likeness (QED) is 0.466. The summed E-state index contributed by atoms with van der Waals surface area (Å²) in [5.41, 5.74) is 5.29. The van der Waals surface area contributed by atoms with Crippen LogP contribution in [0.1, 0.15) is 12.8 Å². The van der Waals surface area contributed by atoms with E-state index in [1.54, 1.807) is 0 Å². The van der Waals surface area contributed by atoms with E-state index in [4.69, 9.17) is 15.2 Å². The molecule has 2 aliphatic carbocycles. The highest BCUT2D eigenvalue weighted by Gasteiger charge is 2.39. The SMILES string of the molecule is NCCOCCOCCNC(=O)C1CC2C=CC1C2. The molecule has 0 aromatic heterocycles. The third kappa shape index (κ3) is 4.30. The standard InChI is InChI=1S/C14H24N2O3/c15-3-5-18-7-8-19-6-4-16-14(17)13-10-11-1-2-12(13)9-11/h1-2,11-13H,3-10,15H2,(H,16,17). The van der Waals surface area contributed by atoms with E-state index in [2.05, 4.69) is 17.5 Å². The van der Waals surface area contributed by atoms with E-state index in [9.17, 15) is 4.79 Å². The highest BCUT2D eigenvalue weighted by atomic mass is 16.5. The summed E-state index contributed by atoms with van der Waals surface area (Å²) in [6.45, 7) is 3.32. The summed E-state index contributed by atoms with van der Waals surface area (Å²) in [5.74, 6) is 1.47. The monoisotopic (exact) mass is 268 g/mol. The van der Waals surface area contributed by atoms with Gasteiger partial charge in [-0.05, 0) is 24.7 Å². The fraction of sp³-hybridized carbons (Fsp3) is 0.786. The lowest BCUT2D eigenvalue weighted by molar-refractivity contribution is -0.126. The van der Waals surface area contributed by atoms with Crippen LogP contribution in [-0.2, 0) is 14.3 Å². The minimum atomic E-state index is 0.180. The first-order chi connectivity index (χ1) is 9.31. The predicted octanol–water partition coefficient (Wildman–Crippen LogP) is 0.307. The molecule has 0 radical (unpaired) electrons. The van der Waals surface area contributed by atoms with Crippen LogP contribution < -0.4 is 11.1 Å². The van der Waals surface area contributed by atoms with Gasteiger partial charge < -0.3 is 20.5 Å². The summed E-state index contributed by atoms with van der Waals surface area (Å²) in [6, 6.07) is 0. The lowest BCUT2D eigenvalue weighted by atomic mass is 9.93. The first-order valence-corrected chi connectivity index (χ1v) is 7.13. The third-order valence-corrected chi connectivity index (χ3v) is 3.80. The molecule has 3 atom stereocenters. The highest BCUT2D eigenvalue weighted by molar-refractivity contribution is 5.79. The van der Waals surface area contributed by atoms with Crippen LogP contribution in [0, 0.1) is 17.8 Å². The van der Waals surface area contributed by atoms with Gasteiger partial charge in [-0.2, -0.15) is 0 Å². The average molecular weight is 268 g/mol. The van der Waals surface area contributed by atoms with Crippen molar-refractivity contribution in [3.63, 3.8) is 0 Å². The minimum absolute atomic E-state index is 0.180. The van der Waals surface area contributed by atoms with E-state index in [0.717, 1.165) is 12.8 Å². The van der Waals surface area contributed by atoms with Gasteiger partial charge in [0.15, 0.2) is 0 Å². The topological polar surface area (TPSA) is 73.6 Å². The number of carbonyl (C=O) groups is 1. The van der Waals surface area contributed by atoms with Crippen molar-refractivity contribution in [1.82, 2.24) is 5.32 Å². The third-order valence-electron chi connectivity index (χ3n) is 3.80. The Hall–Kier alpha value is -0.910. The predicted molar refractivity (Wildman–Crippen MR) is 72.5 cm³/mol. The van der Waals surface area contributed by atoms with Gasteiger partial charge in [-0.1, -0.05) is 12.2 Å². The molecule has 19 heavy (non-hydrogen) atoms. The van der Waals surface area contributed by atoms with Crippen LogP contribution in [0.15, 0.2) is 12.2 Å². The maximum Gasteiger partial charge on any atom is 0.223 e. The number of ether oxygens (including phenoxy) is 2. The normalized spacial score (nSPS) is 27.9. The summed E-state index contributed by atoms with van der Waals surface area (Å²) >= 11 is 0. The van der Waals surface area contributed by atoms with Crippen LogP contribution in [0.4, 0.5) is 0 Å². The van der Waals surface area contributed by atoms with Crippen molar-refractivity contribution in [2.24, 2.45) is 23.5 Å². The van der Waals surface area contributed by atoms with Gasteiger partial charge in [-0.25, -0.2) is 0 Å². The van der Waals surface area contributed by atoms with Crippen molar-refractivity contribution in [1.29, 1.82) is 0 Å². The van der Waals surface area contributed by atoms with Gasteiger partial charge in [0.25, 0.3) is 0 Å². The Morgan fingerprint density at radius 3 is 2.58 bits per heavy atom. The van der Waals surface area contributed by atoms with E-state index in [1.807, 2.05) is 0 Å². The number of amides is 1. The van der Waals surface area contributed by atoms with E-state index in [0.29, 0.717) is 51.4 Å². The maximum atomic E-state index is 12.0. The van der Waals surface area contributed by atoms with Crippen molar-refractivity contribution in [3.8, 4) is 0 Å². The van der Waals surface area contributed by atoms with E-state index < -0.39 is 0 Å². The molecule has 0 aromatic carbocycles. The maximum absolute atomic E-state index is 12.0. The lowest BCUT2D eigenvalue weighted by Crippen LogP contribution is -2.35. The molecule has 0 heterocycles. The van der Waals surface area contributed by atoms with Crippen LogP contribution in [0.25, 0.3) is 0 Å². The number of carbonyl (C=O) groups excluding carboxylic acids is 1. The number of fused-ring (bicyclic) bond motifs is 2. The van der Waals surface area contributed by atoms with Crippen molar-refractivity contribution < 1.29 is 14.3 Å². The number of nitrogens with two attached hydrogens (primary N) is 1. The molecule has 1 amide bonds. The molecular formula is C14H24N2O3. The Morgan fingerprint density at radius 2 is 1.95 bits per heavy atom. The first kappa shape index (κ1) is 14.5. The number of hydrogen-bond acceptors (Lipinski definition) is 4. The molecule has 0 saturated heterocycles. The van der Waals surface area contributed by atoms with Gasteiger partial charge in [0.05, 0.1) is 26.4 Å². The Kier molecular flexibility index (Phi) is 5.82. The summed E-state index contributed by atoms with van der Waals surface area (Å²) in [6.07, 6.45) is 6.62. The van der Waals surface area contributed by atoms with E-state index >= 15 is 0 Å². The zero-order chi connectivity index (χ0) is 13.5. The van der Waals surface area contributed by atoms with Crippen LogP contribution >= 0.6 is 0 Å². The number of nitrogens with one attached hydrogen (secondary N) is 1. The molecule has 5 heteroatoms. The molecule has 2 rings (SSSR count). The molecule has 0 aromatic rings. The molecule has 5 nitrogen and oxygen atoms in total. The van der Waals surface area contributed by atoms with Gasteiger partial charge >= 0.3 is 0 Å². The number of allylic oxidation sites excluding steroid dienone is 2. The molecule has 3 N–H and O–H groups in total. The average Bonchev–Trinajstić information content (AvgIpc) is 3.04. The lowest BCUT2D eigenvalue weighted by Gasteiger charge is -2.17. The zero-order valence-electron chi connectivity index (χ0n) is 11.3. The summed E-state index contributed by atoms with van der Waals surface area (Å²) in [4.78, 5) is 12.0. The number of rotatable bonds is 9. The summed E-state index contributed by atoms with van der Waals surface area (Å²) in [5, 5.41) is 2.95. The molecular weight excluding hydrogens is 244 g/mol. The van der Waals surface area contributed by atoms with Gasteiger partial charge in [0.1, 0.15) is 0 Å². The molecule has 1 saturated carbocycles. The molecule has 3 unspecified atom stereocenters. The first-order valence-electron chi connectivity index (χ1n) is 7.13. The van der Waals surface area contributed by atoms with Crippen molar-refractivity contribution in [3.05, 3.63) is 12.2 Å². The van der Waals surface area contributed by atoms with Crippen LogP contribution in [0.3, 0.4) is 0 Å². The zero-order valence-corrected chi connectivity index (χ0v) is 11.3. The smallest absolute Gasteiger partial charge is 0.223 e. The number of hydrogen-bond donors (Lipinski definition) is 2. The van der Waals surface area contributed by atoms with E-state index in [1.165, 1.54) is 0 Å². The van der Waals surface area contributed by atoms with Crippen molar-refractivity contribution in [2.45, 2.75) is 12.8 Å². The fourth-order valence-electron chi connectivity index (χ4n) is 2.86. The molecule has 1 fully saturated rings. The van der Waals surface area contributed by atoms with Gasteiger partial charge in [0.2, 0.25) is 5.91 Å². The highest BCUT2D eigenvalue weighted by Crippen LogP contribution is 2.43. The van der Waals surface area contributed by atoms with Gasteiger partial charge in [0, 0.05) is 19.0 Å². The molecule has 0 aliphatic heterocycles. The minimum Gasteiger partial charge on any atom is -0.378 e. The molecule has 0 spiro atoms. The van der Waals surface area contributed by atoms with Gasteiger partial charge in [-0.3, -0.25) is 4.79 Å². The Morgan fingerprint density at radius 1 is 1.16 bits per heavy atom. The van der Waals surface area contributed by atoms with E-state index in [-0.39, 0.29) is 11.8 Å². The molecule has 2 aliphatic rings. The Labute approximate surface area is 114 Å². The second-order valence-electron chi connectivity index (χ2n) is 5.19. The summed E-state index contributed by atoms with van der Waals surface area (Å²) in [7, 11) is 0. The van der Waals surface area contributed by atoms with Crippen molar-refractivity contribution in [2.75, 3.05) is 39.5 Å². The molecule has 108 valence electrons. The largest absolute Gasteiger partial charge is 0.378 e. The van der Waals surface area contributed by atoms with Crippen molar-refractivity contribution >= 4 is 5.91 Å². The fourth-order valence-corrected chi connectivity index (χ4v) is 2.86. The second kappa shape index (κ2) is 7.62. The second-order valence-corrected chi connectivity index (χ2v) is 5.19. The van der Waals surface area contributed by atoms with Crippen LogP contribution in [0.2, 0.25) is 0 Å². The molecule has 2 bridgehead atoms. The summed E-state index contributed by atoms with van der Waals surface area (Å²) < 4.78 is 10.5.